The molecule has 0 aliphatic rings. The molecule has 0 aliphatic carbocycles. The van der Waals surface area contributed by atoms with Gasteiger partial charge in [-0.25, -0.2) is 8.42 Å². The topological polar surface area (TPSA) is 98.2 Å². The van der Waals surface area contributed by atoms with Gasteiger partial charge in [-0.05, 0) is 28.1 Å². The summed E-state index contributed by atoms with van der Waals surface area (Å²) in [5, 5.41) is 3.68. The highest BCUT2D eigenvalue weighted by Crippen LogP contribution is 2.32. The van der Waals surface area contributed by atoms with Crippen molar-refractivity contribution in [3.8, 4) is 0 Å². The SMILES string of the molecule is Nc1cc(Cl)cc(S(=O)(=O)Nc2ccon2)c1Br. The lowest BCUT2D eigenvalue weighted by molar-refractivity contribution is 0.423. The van der Waals surface area contributed by atoms with Crippen LogP contribution < -0.4 is 10.5 Å². The van der Waals surface area contributed by atoms with Crippen LogP contribution in [0.5, 0.6) is 0 Å². The van der Waals surface area contributed by atoms with E-state index in [4.69, 9.17) is 17.3 Å². The van der Waals surface area contributed by atoms with Gasteiger partial charge in [0.05, 0.1) is 4.47 Å². The number of hydrogen-bond acceptors (Lipinski definition) is 5. The van der Waals surface area contributed by atoms with Crippen LogP contribution >= 0.6 is 27.5 Å². The number of nitrogens with zero attached hydrogens (tertiary/aromatic N) is 1. The maximum Gasteiger partial charge on any atom is 0.264 e. The van der Waals surface area contributed by atoms with E-state index >= 15 is 0 Å². The maximum absolute atomic E-state index is 12.1. The molecule has 18 heavy (non-hydrogen) atoms. The monoisotopic (exact) mass is 351 g/mol. The number of halogens is 2. The number of hydrogen-bond donors (Lipinski definition) is 2. The van der Waals surface area contributed by atoms with Gasteiger partial charge in [-0.2, -0.15) is 0 Å². The summed E-state index contributed by atoms with van der Waals surface area (Å²) in [5.41, 5.74) is 5.86. The minimum Gasteiger partial charge on any atom is -0.398 e. The minimum absolute atomic E-state index is 0.0699. The molecule has 0 radical (unpaired) electrons. The summed E-state index contributed by atoms with van der Waals surface area (Å²) in [6.07, 6.45) is 1.25. The number of anilines is 2. The quantitative estimate of drug-likeness (QED) is 0.827. The largest absolute Gasteiger partial charge is 0.398 e. The Morgan fingerprint density at radius 3 is 2.78 bits per heavy atom. The molecule has 0 saturated carbocycles. The van der Waals surface area contributed by atoms with Gasteiger partial charge >= 0.3 is 0 Å². The van der Waals surface area contributed by atoms with Gasteiger partial charge in [-0.3, -0.25) is 4.72 Å². The third-order valence-electron chi connectivity index (χ3n) is 2.00. The zero-order valence-corrected chi connectivity index (χ0v) is 11.9. The first-order valence-corrected chi connectivity index (χ1v) is 7.23. The fourth-order valence-corrected chi connectivity index (χ4v) is 3.52. The molecule has 2 rings (SSSR count). The number of nitrogens with one attached hydrogen (secondary N) is 1. The Balaban J connectivity index is 2.48. The van der Waals surface area contributed by atoms with Crippen molar-refractivity contribution in [2.75, 3.05) is 10.5 Å². The molecular weight excluding hydrogens is 346 g/mol. The summed E-state index contributed by atoms with van der Waals surface area (Å²) in [4.78, 5) is -0.0736. The number of rotatable bonds is 3. The van der Waals surface area contributed by atoms with Crippen molar-refractivity contribution in [1.29, 1.82) is 0 Å². The number of sulfonamides is 1. The number of nitrogen functional groups attached to an aromatic ring is 1. The first-order chi connectivity index (χ1) is 8.40. The van der Waals surface area contributed by atoms with Crippen LogP contribution in [0.25, 0.3) is 0 Å². The molecule has 96 valence electrons. The fourth-order valence-electron chi connectivity index (χ4n) is 1.24. The number of aromatic nitrogens is 1. The molecule has 0 spiro atoms. The Kier molecular flexibility index (Phi) is 3.51. The Morgan fingerprint density at radius 1 is 1.44 bits per heavy atom. The Morgan fingerprint density at radius 2 is 2.17 bits per heavy atom. The molecule has 1 aromatic carbocycles. The van der Waals surface area contributed by atoms with Crippen LogP contribution in [-0.4, -0.2) is 13.6 Å². The predicted molar refractivity (Wildman–Crippen MR) is 70.9 cm³/mol. The smallest absolute Gasteiger partial charge is 0.264 e. The first kappa shape index (κ1) is 13.2. The molecule has 3 N–H and O–H groups in total. The van der Waals surface area contributed by atoms with Gasteiger partial charge in [-0.15, -0.1) is 0 Å². The van der Waals surface area contributed by atoms with Gasteiger partial charge in [0.1, 0.15) is 11.2 Å². The average Bonchev–Trinajstić information content (AvgIpc) is 2.75. The molecule has 0 saturated heterocycles. The first-order valence-electron chi connectivity index (χ1n) is 4.58. The van der Waals surface area contributed by atoms with E-state index in [1.807, 2.05) is 0 Å². The van der Waals surface area contributed by atoms with Crippen LogP contribution in [0.3, 0.4) is 0 Å². The molecule has 0 unspecified atom stereocenters. The van der Waals surface area contributed by atoms with E-state index in [1.165, 1.54) is 24.5 Å². The van der Waals surface area contributed by atoms with Crippen molar-refractivity contribution >= 4 is 49.1 Å². The molecule has 0 atom stereocenters. The molecule has 1 heterocycles. The van der Waals surface area contributed by atoms with Gasteiger partial charge in [-0.1, -0.05) is 16.8 Å². The summed E-state index contributed by atoms with van der Waals surface area (Å²) in [5.74, 6) is 0.0699. The molecule has 0 bridgehead atoms. The number of nitrogens with two attached hydrogens (primary N) is 1. The minimum atomic E-state index is -3.84. The zero-order chi connectivity index (χ0) is 13.3. The second kappa shape index (κ2) is 4.79. The highest BCUT2D eigenvalue weighted by molar-refractivity contribution is 9.10. The summed E-state index contributed by atoms with van der Waals surface area (Å²) >= 11 is 8.89. The van der Waals surface area contributed by atoms with Gasteiger partial charge in [0.2, 0.25) is 0 Å². The molecule has 0 aliphatic heterocycles. The lowest BCUT2D eigenvalue weighted by Gasteiger charge is -2.09. The highest BCUT2D eigenvalue weighted by Gasteiger charge is 2.21. The predicted octanol–water partition coefficient (Wildman–Crippen LogP) is 2.47. The highest BCUT2D eigenvalue weighted by atomic mass is 79.9. The molecule has 0 fully saturated rings. The Labute approximate surface area is 116 Å². The van der Waals surface area contributed by atoms with Gasteiger partial charge < -0.3 is 10.3 Å². The molecular formula is C9H7BrClN3O3S. The average molecular weight is 353 g/mol. The fraction of sp³-hybridized carbons (Fsp3) is 0. The van der Waals surface area contributed by atoms with E-state index in [2.05, 4.69) is 30.3 Å². The Bertz CT molecular complexity index is 673. The molecule has 1 aromatic heterocycles. The van der Waals surface area contributed by atoms with Gasteiger partial charge in [0.25, 0.3) is 10.0 Å². The van der Waals surface area contributed by atoms with Crippen LogP contribution in [-0.2, 0) is 10.0 Å². The lowest BCUT2D eigenvalue weighted by atomic mass is 10.3. The third kappa shape index (κ3) is 2.60. The van der Waals surface area contributed by atoms with Gasteiger partial charge in [0.15, 0.2) is 5.82 Å². The molecule has 0 amide bonds. The summed E-state index contributed by atoms with van der Waals surface area (Å²) < 4.78 is 31.2. The van der Waals surface area contributed by atoms with Crippen LogP contribution in [0.4, 0.5) is 11.5 Å². The van der Waals surface area contributed by atoms with Crippen LogP contribution in [0.15, 0.2) is 38.4 Å². The molecule has 9 heteroatoms. The van der Waals surface area contributed by atoms with Crippen molar-refractivity contribution in [2.45, 2.75) is 4.90 Å². The summed E-state index contributed by atoms with van der Waals surface area (Å²) in [6, 6.07) is 4.10. The third-order valence-corrected chi connectivity index (χ3v) is 4.74. The van der Waals surface area contributed by atoms with E-state index in [0.29, 0.717) is 0 Å². The summed E-state index contributed by atoms with van der Waals surface area (Å²) in [7, 11) is -3.84. The van der Waals surface area contributed by atoms with E-state index in [9.17, 15) is 8.42 Å². The maximum atomic E-state index is 12.1. The van der Waals surface area contributed by atoms with Crippen molar-refractivity contribution in [3.63, 3.8) is 0 Å². The van der Waals surface area contributed by atoms with Crippen molar-refractivity contribution in [1.82, 2.24) is 5.16 Å². The van der Waals surface area contributed by atoms with Crippen molar-refractivity contribution in [2.24, 2.45) is 0 Å². The standard InChI is InChI=1S/C9H7BrClN3O3S/c10-9-6(12)3-5(11)4-7(9)18(15,16)14-8-1-2-17-13-8/h1-4H,12H2,(H,13,14). The van der Waals surface area contributed by atoms with E-state index in [1.54, 1.807) is 0 Å². The van der Waals surface area contributed by atoms with E-state index < -0.39 is 10.0 Å². The van der Waals surface area contributed by atoms with Crippen molar-refractivity contribution in [3.05, 3.63) is 34.0 Å². The van der Waals surface area contributed by atoms with Crippen LogP contribution in [0.1, 0.15) is 0 Å². The second-order valence-electron chi connectivity index (χ2n) is 3.30. The summed E-state index contributed by atoms with van der Waals surface area (Å²) in [6.45, 7) is 0. The zero-order valence-electron chi connectivity index (χ0n) is 8.72. The lowest BCUT2D eigenvalue weighted by Crippen LogP contribution is -2.14. The second-order valence-corrected chi connectivity index (χ2v) is 6.18. The molecule has 6 nitrogen and oxygen atoms in total. The number of benzene rings is 1. The normalized spacial score (nSPS) is 11.4. The van der Waals surface area contributed by atoms with Gasteiger partial charge in [0, 0.05) is 16.8 Å². The van der Waals surface area contributed by atoms with Crippen LogP contribution in [0, 0.1) is 0 Å². The Hall–Kier alpha value is -1.25. The van der Waals surface area contributed by atoms with Crippen molar-refractivity contribution < 1.29 is 12.9 Å². The van der Waals surface area contributed by atoms with Crippen LogP contribution in [0.2, 0.25) is 5.02 Å². The molecule has 2 aromatic rings. The van der Waals surface area contributed by atoms with E-state index in [-0.39, 0.29) is 25.9 Å². The van der Waals surface area contributed by atoms with E-state index in [0.717, 1.165) is 0 Å².